The molecule has 118 valence electrons. The highest BCUT2D eigenvalue weighted by molar-refractivity contribution is 5.89. The summed E-state index contributed by atoms with van der Waals surface area (Å²) in [5.41, 5.74) is 12.6. The van der Waals surface area contributed by atoms with Crippen molar-refractivity contribution in [3.63, 3.8) is 0 Å². The number of nitrogens with two attached hydrogens (primary N) is 1. The zero-order valence-electron chi connectivity index (χ0n) is 13.7. The standard InChI is InChI=1S/C19H22N4/c1-5-13-9-12(3)18(15(6-2)19(13)20)14-7-8-17-22-16(21-4)11-23(17)10-14/h5-6,9-11,21H,1-2,7-8,20H2,3-4H3. The number of nitrogens with zero attached hydrogens (tertiary/aromatic N) is 2. The Morgan fingerprint density at radius 1 is 1.30 bits per heavy atom. The van der Waals surface area contributed by atoms with E-state index in [1.807, 2.05) is 19.3 Å². The topological polar surface area (TPSA) is 55.9 Å². The maximum Gasteiger partial charge on any atom is 0.144 e. The van der Waals surface area contributed by atoms with Gasteiger partial charge in [-0.05, 0) is 41.7 Å². The van der Waals surface area contributed by atoms with Gasteiger partial charge < -0.3 is 15.6 Å². The number of fused-ring (bicyclic) bond motifs is 1. The maximum absolute atomic E-state index is 6.30. The summed E-state index contributed by atoms with van der Waals surface area (Å²) < 4.78 is 2.09. The highest BCUT2D eigenvalue weighted by Crippen LogP contribution is 2.36. The number of rotatable bonds is 4. The van der Waals surface area contributed by atoms with E-state index in [1.165, 1.54) is 16.7 Å². The number of nitrogens with one attached hydrogen (secondary N) is 1. The lowest BCUT2D eigenvalue weighted by Gasteiger charge is -2.21. The Kier molecular flexibility index (Phi) is 3.82. The van der Waals surface area contributed by atoms with E-state index in [-0.39, 0.29) is 0 Å². The second-order valence-corrected chi connectivity index (χ2v) is 5.75. The van der Waals surface area contributed by atoms with E-state index in [9.17, 15) is 0 Å². The fourth-order valence-electron chi connectivity index (χ4n) is 3.21. The third-order valence-electron chi connectivity index (χ3n) is 4.36. The molecule has 0 spiro atoms. The molecule has 0 fully saturated rings. The Morgan fingerprint density at radius 2 is 2.09 bits per heavy atom. The van der Waals surface area contributed by atoms with Gasteiger partial charge in [-0.15, -0.1) is 0 Å². The summed E-state index contributed by atoms with van der Waals surface area (Å²) in [6.07, 6.45) is 9.64. The summed E-state index contributed by atoms with van der Waals surface area (Å²) >= 11 is 0. The van der Waals surface area contributed by atoms with E-state index < -0.39 is 0 Å². The number of hydrogen-bond donors (Lipinski definition) is 2. The molecule has 23 heavy (non-hydrogen) atoms. The minimum absolute atomic E-state index is 0.740. The lowest BCUT2D eigenvalue weighted by Crippen LogP contribution is -2.08. The molecule has 0 atom stereocenters. The number of hydrogen-bond acceptors (Lipinski definition) is 3. The highest BCUT2D eigenvalue weighted by atomic mass is 15.1. The average Bonchev–Trinajstić information content (AvgIpc) is 2.98. The number of allylic oxidation sites excluding steroid dienone is 1. The summed E-state index contributed by atoms with van der Waals surface area (Å²) in [5, 5.41) is 3.09. The van der Waals surface area contributed by atoms with Gasteiger partial charge in [0.15, 0.2) is 0 Å². The molecule has 1 aromatic heterocycles. The second kappa shape index (κ2) is 5.80. The summed E-state index contributed by atoms with van der Waals surface area (Å²) in [6.45, 7) is 9.91. The quantitative estimate of drug-likeness (QED) is 0.838. The van der Waals surface area contributed by atoms with E-state index in [4.69, 9.17) is 5.73 Å². The Morgan fingerprint density at radius 3 is 2.74 bits per heavy atom. The van der Waals surface area contributed by atoms with Gasteiger partial charge in [0, 0.05) is 30.9 Å². The van der Waals surface area contributed by atoms with Gasteiger partial charge in [-0.25, -0.2) is 4.98 Å². The first-order valence-corrected chi connectivity index (χ1v) is 7.73. The number of benzene rings is 1. The number of imidazole rings is 1. The van der Waals surface area contributed by atoms with Gasteiger partial charge in [0.05, 0.1) is 6.20 Å². The molecule has 0 saturated heterocycles. The SMILES string of the molecule is C=Cc1cc(C)c(C2=Cn3cc(NC)nc3CC2)c(C=C)c1N. The molecule has 1 aromatic carbocycles. The van der Waals surface area contributed by atoms with Crippen molar-refractivity contribution in [2.75, 3.05) is 18.1 Å². The van der Waals surface area contributed by atoms with Crippen LogP contribution in [0.4, 0.5) is 11.5 Å². The fourth-order valence-corrected chi connectivity index (χ4v) is 3.21. The Bertz CT molecular complexity index is 824. The third-order valence-corrected chi connectivity index (χ3v) is 4.36. The Balaban J connectivity index is 2.17. The van der Waals surface area contributed by atoms with Crippen molar-refractivity contribution in [1.29, 1.82) is 0 Å². The number of aromatic nitrogens is 2. The molecule has 0 aliphatic carbocycles. The molecule has 3 rings (SSSR count). The number of anilines is 2. The van der Waals surface area contributed by atoms with E-state index in [0.29, 0.717) is 0 Å². The molecule has 2 heterocycles. The van der Waals surface area contributed by atoms with Crippen LogP contribution in [0.3, 0.4) is 0 Å². The van der Waals surface area contributed by atoms with E-state index >= 15 is 0 Å². The zero-order chi connectivity index (χ0) is 16.6. The summed E-state index contributed by atoms with van der Waals surface area (Å²) in [5.74, 6) is 1.96. The average molecular weight is 306 g/mol. The number of aryl methyl sites for hydroxylation is 2. The summed E-state index contributed by atoms with van der Waals surface area (Å²) in [7, 11) is 1.88. The van der Waals surface area contributed by atoms with Crippen LogP contribution in [0.15, 0.2) is 25.4 Å². The zero-order valence-corrected chi connectivity index (χ0v) is 13.7. The van der Waals surface area contributed by atoms with Crippen LogP contribution in [0, 0.1) is 6.92 Å². The van der Waals surface area contributed by atoms with E-state index in [1.54, 1.807) is 6.08 Å². The van der Waals surface area contributed by atoms with E-state index in [0.717, 1.165) is 41.3 Å². The van der Waals surface area contributed by atoms with Crippen LogP contribution in [-0.4, -0.2) is 16.6 Å². The van der Waals surface area contributed by atoms with Crippen LogP contribution in [0.1, 0.15) is 34.5 Å². The minimum atomic E-state index is 0.740. The van der Waals surface area contributed by atoms with Gasteiger partial charge in [-0.2, -0.15) is 0 Å². The molecule has 0 saturated carbocycles. The lowest BCUT2D eigenvalue weighted by molar-refractivity contribution is 0.848. The molecule has 4 heteroatoms. The van der Waals surface area contributed by atoms with Crippen molar-refractivity contribution < 1.29 is 0 Å². The van der Waals surface area contributed by atoms with Crippen molar-refractivity contribution in [3.05, 3.63) is 53.5 Å². The molecular weight excluding hydrogens is 284 g/mol. The van der Waals surface area contributed by atoms with Crippen molar-refractivity contribution in [2.45, 2.75) is 19.8 Å². The second-order valence-electron chi connectivity index (χ2n) is 5.75. The van der Waals surface area contributed by atoms with Gasteiger partial charge >= 0.3 is 0 Å². The normalized spacial score (nSPS) is 13.2. The van der Waals surface area contributed by atoms with Gasteiger partial charge in [-0.3, -0.25) is 0 Å². The largest absolute Gasteiger partial charge is 0.398 e. The highest BCUT2D eigenvalue weighted by Gasteiger charge is 2.19. The van der Waals surface area contributed by atoms with Crippen LogP contribution < -0.4 is 11.1 Å². The Labute approximate surface area is 137 Å². The van der Waals surface area contributed by atoms with Crippen LogP contribution in [0.2, 0.25) is 0 Å². The summed E-state index contributed by atoms with van der Waals surface area (Å²) in [6, 6.07) is 2.09. The molecule has 2 aromatic rings. The molecular formula is C19H22N4. The first-order valence-electron chi connectivity index (χ1n) is 7.73. The maximum atomic E-state index is 6.30. The molecule has 1 aliphatic heterocycles. The summed E-state index contributed by atoms with van der Waals surface area (Å²) in [4.78, 5) is 4.56. The lowest BCUT2D eigenvalue weighted by atomic mass is 9.88. The first kappa shape index (κ1) is 15.2. The van der Waals surface area contributed by atoms with Crippen LogP contribution in [0.5, 0.6) is 0 Å². The third kappa shape index (κ3) is 2.46. The van der Waals surface area contributed by atoms with Gasteiger partial charge in [0.25, 0.3) is 0 Å². The van der Waals surface area contributed by atoms with Crippen molar-refractivity contribution >= 4 is 35.4 Å². The fraction of sp³-hybridized carbons (Fsp3) is 0.211. The molecule has 3 N–H and O–H groups in total. The molecule has 1 aliphatic rings. The van der Waals surface area contributed by atoms with Crippen LogP contribution in [-0.2, 0) is 6.42 Å². The Hall–Kier alpha value is -2.75. The molecule has 4 nitrogen and oxygen atoms in total. The molecule has 0 radical (unpaired) electrons. The van der Waals surface area contributed by atoms with E-state index in [2.05, 4.69) is 47.2 Å². The smallest absolute Gasteiger partial charge is 0.144 e. The molecule has 0 unspecified atom stereocenters. The first-order chi connectivity index (χ1) is 11.1. The van der Waals surface area contributed by atoms with Crippen molar-refractivity contribution in [1.82, 2.24) is 9.55 Å². The minimum Gasteiger partial charge on any atom is -0.398 e. The van der Waals surface area contributed by atoms with Crippen molar-refractivity contribution in [2.24, 2.45) is 0 Å². The van der Waals surface area contributed by atoms with Crippen molar-refractivity contribution in [3.8, 4) is 0 Å². The van der Waals surface area contributed by atoms with Crippen LogP contribution >= 0.6 is 0 Å². The van der Waals surface area contributed by atoms with Gasteiger partial charge in [-0.1, -0.05) is 25.3 Å². The van der Waals surface area contributed by atoms with Gasteiger partial charge in [0.1, 0.15) is 11.6 Å². The van der Waals surface area contributed by atoms with Gasteiger partial charge in [0.2, 0.25) is 0 Å². The number of nitrogen functional groups attached to an aromatic ring is 1. The monoisotopic (exact) mass is 306 g/mol. The predicted molar refractivity (Wildman–Crippen MR) is 100 cm³/mol. The molecule has 0 bridgehead atoms. The molecule has 0 amide bonds. The van der Waals surface area contributed by atoms with Crippen LogP contribution in [0.25, 0.3) is 23.9 Å². The predicted octanol–water partition coefficient (Wildman–Crippen LogP) is 4.05.